The van der Waals surface area contributed by atoms with Crippen molar-refractivity contribution in [1.82, 2.24) is 10.6 Å². The smallest absolute Gasteiger partial charge is 0.323 e. The summed E-state index contributed by atoms with van der Waals surface area (Å²) in [6.07, 6.45) is -1.39. The van der Waals surface area contributed by atoms with Crippen molar-refractivity contribution in [3.05, 3.63) is 0 Å². The van der Waals surface area contributed by atoms with E-state index in [9.17, 15) is 9.59 Å². The van der Waals surface area contributed by atoms with Crippen LogP contribution in [0.4, 0.5) is 9.59 Å². The number of rotatable bonds is 3. The van der Waals surface area contributed by atoms with Gasteiger partial charge in [-0.3, -0.25) is 9.68 Å². The standard InChI is InChI=1S/C8H14N4O4/c1-5(11-15-7(13)9-3)6(2)12-16-8(14)10-4/h1-4H3,(H,9,13)(H,10,14). The van der Waals surface area contributed by atoms with E-state index in [1.807, 2.05) is 0 Å². The predicted molar refractivity (Wildman–Crippen MR) is 57.3 cm³/mol. The Labute approximate surface area is 92.6 Å². The quantitative estimate of drug-likeness (QED) is 0.417. The van der Waals surface area contributed by atoms with Crippen molar-refractivity contribution in [2.75, 3.05) is 14.1 Å². The molecule has 0 saturated carbocycles. The monoisotopic (exact) mass is 230 g/mol. The molecule has 90 valence electrons. The van der Waals surface area contributed by atoms with Crippen LogP contribution in [-0.2, 0) is 9.68 Å². The van der Waals surface area contributed by atoms with Gasteiger partial charge in [0.2, 0.25) is 0 Å². The number of hydrogen-bond donors (Lipinski definition) is 2. The number of amides is 2. The molecule has 0 fully saturated rings. The fourth-order valence-electron chi connectivity index (χ4n) is 0.443. The third-order valence-electron chi connectivity index (χ3n) is 1.46. The molecule has 0 aromatic carbocycles. The van der Waals surface area contributed by atoms with Crippen LogP contribution in [0.2, 0.25) is 0 Å². The van der Waals surface area contributed by atoms with Crippen molar-refractivity contribution in [1.29, 1.82) is 0 Å². The van der Waals surface area contributed by atoms with Crippen LogP contribution in [0, 0.1) is 0 Å². The highest BCUT2D eigenvalue weighted by atomic mass is 16.7. The molecule has 8 nitrogen and oxygen atoms in total. The molecular weight excluding hydrogens is 216 g/mol. The Balaban J connectivity index is 4.30. The molecule has 0 aromatic heterocycles. The molecule has 0 bridgehead atoms. The first-order valence-electron chi connectivity index (χ1n) is 4.38. The van der Waals surface area contributed by atoms with Gasteiger partial charge in [-0.25, -0.2) is 9.59 Å². The molecule has 0 aliphatic carbocycles. The molecule has 0 aromatic rings. The van der Waals surface area contributed by atoms with Crippen molar-refractivity contribution in [3.63, 3.8) is 0 Å². The third-order valence-corrected chi connectivity index (χ3v) is 1.46. The summed E-state index contributed by atoms with van der Waals surface area (Å²) in [6, 6.07) is 0. The van der Waals surface area contributed by atoms with Crippen LogP contribution in [0.25, 0.3) is 0 Å². The first kappa shape index (κ1) is 13.9. The molecule has 0 aliphatic rings. The van der Waals surface area contributed by atoms with Crippen LogP contribution >= 0.6 is 0 Å². The zero-order valence-electron chi connectivity index (χ0n) is 9.53. The Morgan fingerprint density at radius 3 is 1.44 bits per heavy atom. The Hall–Kier alpha value is -2.12. The van der Waals surface area contributed by atoms with Crippen molar-refractivity contribution >= 4 is 23.6 Å². The normalized spacial score (nSPS) is 11.8. The maximum absolute atomic E-state index is 10.7. The van der Waals surface area contributed by atoms with Crippen molar-refractivity contribution in [3.8, 4) is 0 Å². The highest BCUT2D eigenvalue weighted by molar-refractivity contribution is 6.40. The molecule has 0 radical (unpaired) electrons. The number of nitrogens with zero attached hydrogens (tertiary/aromatic N) is 2. The van der Waals surface area contributed by atoms with E-state index in [4.69, 9.17) is 0 Å². The highest BCUT2D eigenvalue weighted by Crippen LogP contribution is 1.89. The molecule has 0 saturated heterocycles. The average molecular weight is 230 g/mol. The lowest BCUT2D eigenvalue weighted by atomic mass is 10.3. The first-order valence-corrected chi connectivity index (χ1v) is 4.38. The van der Waals surface area contributed by atoms with Gasteiger partial charge in [-0.1, -0.05) is 10.3 Å². The average Bonchev–Trinajstić information content (AvgIpc) is 2.31. The van der Waals surface area contributed by atoms with Crippen molar-refractivity contribution in [2.45, 2.75) is 13.8 Å². The lowest BCUT2D eigenvalue weighted by Crippen LogP contribution is -2.20. The Morgan fingerprint density at radius 2 is 1.19 bits per heavy atom. The van der Waals surface area contributed by atoms with Crippen LogP contribution in [0.3, 0.4) is 0 Å². The van der Waals surface area contributed by atoms with Crippen LogP contribution in [0.5, 0.6) is 0 Å². The van der Waals surface area contributed by atoms with Crippen LogP contribution in [0.15, 0.2) is 10.3 Å². The first-order chi connectivity index (χ1) is 7.51. The minimum atomic E-state index is -0.695. The molecule has 0 unspecified atom stereocenters. The van der Waals surface area contributed by atoms with Gasteiger partial charge in [-0.05, 0) is 13.8 Å². The summed E-state index contributed by atoms with van der Waals surface area (Å²) in [6.45, 7) is 3.10. The molecule has 2 N–H and O–H groups in total. The molecule has 16 heavy (non-hydrogen) atoms. The van der Waals surface area contributed by atoms with Gasteiger partial charge >= 0.3 is 12.2 Å². The second-order valence-corrected chi connectivity index (χ2v) is 2.61. The third kappa shape index (κ3) is 5.58. The molecular formula is C8H14N4O4. The summed E-state index contributed by atoms with van der Waals surface area (Å²) in [5, 5.41) is 11.4. The second kappa shape index (κ2) is 7.21. The van der Waals surface area contributed by atoms with Crippen LogP contribution < -0.4 is 10.6 Å². The summed E-state index contributed by atoms with van der Waals surface area (Å²) in [4.78, 5) is 30.2. The van der Waals surface area contributed by atoms with Gasteiger partial charge in [-0.2, -0.15) is 0 Å². The molecule has 0 heterocycles. The summed E-state index contributed by atoms with van der Waals surface area (Å²) < 4.78 is 0. The van der Waals surface area contributed by atoms with E-state index in [-0.39, 0.29) is 0 Å². The Morgan fingerprint density at radius 1 is 0.875 bits per heavy atom. The van der Waals surface area contributed by atoms with E-state index in [0.717, 1.165) is 0 Å². The summed E-state index contributed by atoms with van der Waals surface area (Å²) in [7, 11) is 2.81. The van der Waals surface area contributed by atoms with Crippen molar-refractivity contribution < 1.29 is 19.3 Å². The van der Waals surface area contributed by atoms with E-state index in [0.29, 0.717) is 11.4 Å². The van der Waals surface area contributed by atoms with Gasteiger partial charge in [0.15, 0.2) is 0 Å². The number of nitrogens with one attached hydrogen (secondary N) is 2. The largest absolute Gasteiger partial charge is 0.433 e. The van der Waals surface area contributed by atoms with E-state index in [1.54, 1.807) is 13.8 Å². The summed E-state index contributed by atoms with van der Waals surface area (Å²) >= 11 is 0. The van der Waals surface area contributed by atoms with Crippen LogP contribution in [0.1, 0.15) is 13.8 Å². The topological polar surface area (TPSA) is 101 Å². The minimum Gasteiger partial charge on any atom is -0.323 e. The number of carbonyl (C=O) groups is 2. The summed E-state index contributed by atoms with van der Waals surface area (Å²) in [5.74, 6) is 0. The Kier molecular flexibility index (Phi) is 6.25. The molecule has 0 atom stereocenters. The van der Waals surface area contributed by atoms with Gasteiger partial charge in [0.25, 0.3) is 0 Å². The maximum atomic E-state index is 10.7. The molecule has 2 amide bonds. The lowest BCUT2D eigenvalue weighted by molar-refractivity contribution is 0.151. The molecule has 0 aliphatic heterocycles. The molecule has 0 spiro atoms. The van der Waals surface area contributed by atoms with E-state index in [2.05, 4.69) is 30.6 Å². The fraction of sp³-hybridized carbons (Fsp3) is 0.500. The fourth-order valence-corrected chi connectivity index (χ4v) is 0.443. The van der Waals surface area contributed by atoms with Gasteiger partial charge in [0.05, 0.1) is 0 Å². The zero-order valence-corrected chi connectivity index (χ0v) is 9.53. The van der Waals surface area contributed by atoms with Gasteiger partial charge < -0.3 is 10.6 Å². The SMILES string of the molecule is CNC(=O)ON=C(C)C(C)=NOC(=O)NC. The molecule has 0 rings (SSSR count). The number of carbonyl (C=O) groups excluding carboxylic acids is 2. The van der Waals surface area contributed by atoms with Crippen LogP contribution in [-0.4, -0.2) is 37.7 Å². The lowest BCUT2D eigenvalue weighted by Gasteiger charge is -2.00. The minimum absolute atomic E-state index is 0.313. The second-order valence-electron chi connectivity index (χ2n) is 2.61. The van der Waals surface area contributed by atoms with Gasteiger partial charge in [-0.15, -0.1) is 0 Å². The number of oxime groups is 2. The Bertz CT molecular complexity index is 292. The summed E-state index contributed by atoms with van der Waals surface area (Å²) in [5.41, 5.74) is 0.625. The van der Waals surface area contributed by atoms with Gasteiger partial charge in [0.1, 0.15) is 11.4 Å². The van der Waals surface area contributed by atoms with Crippen molar-refractivity contribution in [2.24, 2.45) is 10.3 Å². The van der Waals surface area contributed by atoms with E-state index < -0.39 is 12.2 Å². The van der Waals surface area contributed by atoms with E-state index >= 15 is 0 Å². The zero-order chi connectivity index (χ0) is 12.6. The van der Waals surface area contributed by atoms with Gasteiger partial charge in [0, 0.05) is 14.1 Å². The molecule has 8 heteroatoms. The predicted octanol–water partition coefficient (Wildman–Crippen LogP) is 0.450. The highest BCUT2D eigenvalue weighted by Gasteiger charge is 2.03. The number of hydrogen-bond acceptors (Lipinski definition) is 6. The van der Waals surface area contributed by atoms with E-state index in [1.165, 1.54) is 14.1 Å². The maximum Gasteiger partial charge on any atom is 0.433 e.